The van der Waals surface area contributed by atoms with Crippen LogP contribution in [0.3, 0.4) is 0 Å². The van der Waals surface area contributed by atoms with E-state index < -0.39 is 0 Å². The van der Waals surface area contributed by atoms with Gasteiger partial charge in [0.25, 0.3) is 0 Å². The van der Waals surface area contributed by atoms with E-state index >= 15 is 0 Å². The van der Waals surface area contributed by atoms with Crippen LogP contribution < -0.4 is 0 Å². The third kappa shape index (κ3) is 1.84. The van der Waals surface area contributed by atoms with Gasteiger partial charge in [-0.15, -0.1) is 0 Å². The van der Waals surface area contributed by atoms with E-state index in [1.807, 2.05) is 0 Å². The maximum Gasteiger partial charge on any atom is 0.233 e. The second-order valence-electron chi connectivity index (χ2n) is 4.46. The molecule has 3 aromatic rings. The van der Waals surface area contributed by atoms with Crippen LogP contribution in [0.25, 0.3) is 17.0 Å². The number of carbonyl (C=O) groups excluding carboxylic acids is 1. The number of hydrogen-bond donors (Lipinski definition) is 0. The minimum atomic E-state index is 0.427. The quantitative estimate of drug-likeness (QED) is 0.662. The van der Waals surface area contributed by atoms with Gasteiger partial charge in [0.15, 0.2) is 6.29 Å². The third-order valence-electron chi connectivity index (χ3n) is 3.16. The fourth-order valence-corrected chi connectivity index (χ4v) is 2.73. The Balaban J connectivity index is 2.36. The average molecular weight is 309 g/mol. The van der Waals surface area contributed by atoms with E-state index in [4.69, 9.17) is 27.6 Å². The first kappa shape index (κ1) is 13.2. The van der Waals surface area contributed by atoms with E-state index in [-0.39, 0.29) is 0 Å². The largest absolute Gasteiger partial charge is 0.441 e. The van der Waals surface area contributed by atoms with Crippen molar-refractivity contribution in [2.45, 2.75) is 13.8 Å². The summed E-state index contributed by atoms with van der Waals surface area (Å²) < 4.78 is 7.26. The molecule has 0 bridgehead atoms. The minimum absolute atomic E-state index is 0.427. The van der Waals surface area contributed by atoms with Gasteiger partial charge in [-0.05, 0) is 32.0 Å². The fourth-order valence-electron chi connectivity index (χ4n) is 2.23. The zero-order valence-electron chi connectivity index (χ0n) is 10.8. The van der Waals surface area contributed by atoms with Crippen LogP contribution in [-0.4, -0.2) is 15.9 Å². The van der Waals surface area contributed by atoms with Crippen molar-refractivity contribution in [1.29, 1.82) is 0 Å². The van der Waals surface area contributed by atoms with E-state index in [2.05, 4.69) is 5.10 Å². The van der Waals surface area contributed by atoms with Gasteiger partial charge in [-0.25, -0.2) is 0 Å². The van der Waals surface area contributed by atoms with Crippen LogP contribution in [0, 0.1) is 13.8 Å². The van der Waals surface area contributed by atoms with Crippen molar-refractivity contribution in [3.8, 4) is 11.3 Å². The molecular weight excluding hydrogens is 299 g/mol. The highest BCUT2D eigenvalue weighted by Crippen LogP contribution is 2.34. The highest BCUT2D eigenvalue weighted by Gasteiger charge is 2.21. The van der Waals surface area contributed by atoms with Crippen LogP contribution in [0.2, 0.25) is 10.0 Å². The molecule has 0 aliphatic heterocycles. The number of nitrogens with zero attached hydrogens (tertiary/aromatic N) is 2. The number of aromatic nitrogens is 2. The summed E-state index contributed by atoms with van der Waals surface area (Å²) in [5, 5.41) is 5.41. The Hall–Kier alpha value is -1.78. The first-order chi connectivity index (χ1) is 9.52. The molecule has 0 saturated carbocycles. The molecule has 2 aromatic heterocycles. The zero-order chi connectivity index (χ0) is 14.4. The molecule has 102 valence electrons. The molecule has 20 heavy (non-hydrogen) atoms. The van der Waals surface area contributed by atoms with E-state index in [9.17, 15) is 4.79 Å². The molecule has 1 aromatic carbocycles. The van der Waals surface area contributed by atoms with Crippen LogP contribution in [0.15, 0.2) is 22.6 Å². The molecule has 0 fully saturated rings. The number of rotatable bonds is 2. The lowest BCUT2D eigenvalue weighted by molar-refractivity contribution is 0.112. The molecule has 0 atom stereocenters. The smallest absolute Gasteiger partial charge is 0.233 e. The number of hydrogen-bond acceptors (Lipinski definition) is 3. The minimum Gasteiger partial charge on any atom is -0.441 e. The Morgan fingerprint density at radius 2 is 2.05 bits per heavy atom. The summed E-state index contributed by atoms with van der Waals surface area (Å²) in [7, 11) is 0. The molecule has 0 unspecified atom stereocenters. The topological polar surface area (TPSA) is 47.5 Å². The monoisotopic (exact) mass is 308 g/mol. The van der Waals surface area contributed by atoms with E-state index in [0.717, 1.165) is 17.5 Å². The van der Waals surface area contributed by atoms with Crippen molar-refractivity contribution in [2.24, 2.45) is 0 Å². The Labute approximate surface area is 124 Å². The van der Waals surface area contributed by atoms with Crippen LogP contribution in [0.5, 0.6) is 0 Å². The summed E-state index contributed by atoms with van der Waals surface area (Å²) in [6, 6.07) is 5.21. The number of benzene rings is 1. The SMILES string of the molecule is Cc1nn2c(-c3ccc(Cl)cc3Cl)c(C)oc2c1C=O. The molecule has 0 amide bonds. The summed E-state index contributed by atoms with van der Waals surface area (Å²) in [6.07, 6.45) is 0.744. The van der Waals surface area contributed by atoms with Crippen LogP contribution in [0.4, 0.5) is 0 Å². The molecule has 2 heterocycles. The number of fused-ring (bicyclic) bond motifs is 1. The van der Waals surface area contributed by atoms with Gasteiger partial charge in [-0.1, -0.05) is 23.2 Å². The third-order valence-corrected chi connectivity index (χ3v) is 3.71. The molecule has 0 aliphatic rings. The summed E-state index contributed by atoms with van der Waals surface area (Å²) >= 11 is 12.1. The zero-order valence-corrected chi connectivity index (χ0v) is 12.3. The van der Waals surface area contributed by atoms with Gasteiger partial charge >= 0.3 is 0 Å². The van der Waals surface area contributed by atoms with Gasteiger partial charge in [0, 0.05) is 10.6 Å². The second-order valence-corrected chi connectivity index (χ2v) is 5.31. The number of aryl methyl sites for hydroxylation is 2. The van der Waals surface area contributed by atoms with Gasteiger partial charge < -0.3 is 4.42 Å². The van der Waals surface area contributed by atoms with Gasteiger partial charge in [0.05, 0.1) is 16.3 Å². The molecule has 0 N–H and O–H groups in total. The van der Waals surface area contributed by atoms with Gasteiger partial charge in [-0.2, -0.15) is 9.61 Å². The van der Waals surface area contributed by atoms with E-state index in [1.54, 1.807) is 36.6 Å². The Kier molecular flexibility index (Phi) is 3.07. The Morgan fingerprint density at radius 3 is 2.70 bits per heavy atom. The summed E-state index contributed by atoms with van der Waals surface area (Å²) in [4.78, 5) is 11.1. The first-order valence-corrected chi connectivity index (χ1v) is 6.68. The summed E-state index contributed by atoms with van der Waals surface area (Å²) in [5.41, 5.74) is 2.97. The molecule has 0 saturated heterocycles. The molecule has 6 heteroatoms. The van der Waals surface area contributed by atoms with Crippen molar-refractivity contribution in [1.82, 2.24) is 9.61 Å². The maximum absolute atomic E-state index is 11.1. The van der Waals surface area contributed by atoms with E-state index in [1.165, 1.54) is 0 Å². The van der Waals surface area contributed by atoms with Gasteiger partial charge in [-0.3, -0.25) is 4.79 Å². The van der Waals surface area contributed by atoms with Crippen molar-refractivity contribution in [3.05, 3.63) is 45.3 Å². The van der Waals surface area contributed by atoms with Crippen molar-refractivity contribution >= 4 is 35.2 Å². The fraction of sp³-hybridized carbons (Fsp3) is 0.143. The van der Waals surface area contributed by atoms with Gasteiger partial charge in [0.2, 0.25) is 5.71 Å². The predicted molar refractivity (Wildman–Crippen MR) is 77.8 cm³/mol. The van der Waals surface area contributed by atoms with Crippen molar-refractivity contribution in [3.63, 3.8) is 0 Å². The Morgan fingerprint density at radius 1 is 1.30 bits per heavy atom. The Bertz CT molecular complexity index is 833. The van der Waals surface area contributed by atoms with Gasteiger partial charge in [0.1, 0.15) is 11.5 Å². The van der Waals surface area contributed by atoms with E-state index in [0.29, 0.717) is 32.8 Å². The highest BCUT2D eigenvalue weighted by atomic mass is 35.5. The summed E-state index contributed by atoms with van der Waals surface area (Å²) in [6.45, 7) is 3.56. The molecule has 4 nitrogen and oxygen atoms in total. The summed E-state index contributed by atoms with van der Waals surface area (Å²) in [5.74, 6) is 0.639. The number of oxazole rings is 1. The van der Waals surface area contributed by atoms with Crippen molar-refractivity contribution in [2.75, 3.05) is 0 Å². The molecule has 0 spiro atoms. The lowest BCUT2D eigenvalue weighted by Crippen LogP contribution is -1.91. The number of aldehydes is 1. The number of halogens is 2. The number of carbonyl (C=O) groups is 1. The lowest BCUT2D eigenvalue weighted by atomic mass is 10.1. The van der Waals surface area contributed by atoms with Crippen LogP contribution in [0.1, 0.15) is 21.8 Å². The second kappa shape index (κ2) is 4.65. The van der Waals surface area contributed by atoms with Crippen LogP contribution >= 0.6 is 23.2 Å². The highest BCUT2D eigenvalue weighted by molar-refractivity contribution is 6.36. The van der Waals surface area contributed by atoms with Crippen LogP contribution in [-0.2, 0) is 0 Å². The lowest BCUT2D eigenvalue weighted by Gasteiger charge is -2.03. The molecule has 0 aliphatic carbocycles. The maximum atomic E-state index is 11.1. The normalized spacial score (nSPS) is 11.2. The first-order valence-electron chi connectivity index (χ1n) is 5.92. The standard InChI is InChI=1S/C14H10Cl2N2O2/c1-7-11(6-19)14-18(17-7)13(8(2)20-14)10-4-3-9(15)5-12(10)16/h3-6H,1-2H3. The molecule has 0 radical (unpaired) electrons. The average Bonchev–Trinajstić information content (AvgIpc) is 2.83. The molecule has 3 rings (SSSR count). The van der Waals surface area contributed by atoms with Crippen molar-refractivity contribution < 1.29 is 9.21 Å². The molecular formula is C14H10Cl2N2O2. The predicted octanol–water partition coefficient (Wildman–Crippen LogP) is 4.33.